The maximum Gasteiger partial charge on any atom is 0.224 e. The fraction of sp³-hybridized carbons (Fsp3) is 0.176. The molecule has 2 heterocycles. The van der Waals surface area contributed by atoms with Crippen molar-refractivity contribution < 1.29 is 4.39 Å². The van der Waals surface area contributed by atoms with Crippen LogP contribution in [0.1, 0.15) is 11.1 Å². The van der Waals surface area contributed by atoms with Crippen molar-refractivity contribution in [2.75, 3.05) is 16.9 Å². The van der Waals surface area contributed by atoms with Gasteiger partial charge in [0.15, 0.2) is 16.8 Å². The molecule has 2 N–H and O–H groups in total. The Labute approximate surface area is 159 Å². The molecule has 26 heavy (non-hydrogen) atoms. The summed E-state index contributed by atoms with van der Waals surface area (Å²) >= 11 is 7.18. The van der Waals surface area contributed by atoms with E-state index in [1.807, 2.05) is 36.6 Å². The highest BCUT2D eigenvalue weighted by Crippen LogP contribution is 2.15. The van der Waals surface area contributed by atoms with Crippen LogP contribution >= 0.6 is 23.4 Å². The van der Waals surface area contributed by atoms with Crippen LogP contribution in [0.4, 0.5) is 16.0 Å². The summed E-state index contributed by atoms with van der Waals surface area (Å²) in [7, 11) is 0. The Kier molecular flexibility index (Phi) is 6.19. The summed E-state index contributed by atoms with van der Waals surface area (Å²) in [4.78, 5) is 15.9. The number of benzene rings is 1. The van der Waals surface area contributed by atoms with E-state index in [4.69, 9.17) is 11.6 Å². The van der Waals surface area contributed by atoms with Crippen LogP contribution < -0.4 is 10.6 Å². The zero-order valence-corrected chi connectivity index (χ0v) is 15.5. The van der Waals surface area contributed by atoms with Gasteiger partial charge in [-0.25, -0.2) is 19.3 Å². The molecule has 1 aromatic carbocycles. The van der Waals surface area contributed by atoms with Gasteiger partial charge in [0, 0.05) is 19.3 Å². The molecular weight excluding hydrogens is 375 g/mol. The maximum atomic E-state index is 13.6. The van der Waals surface area contributed by atoms with E-state index in [1.54, 1.807) is 6.20 Å². The van der Waals surface area contributed by atoms with Crippen LogP contribution in [0.2, 0.25) is 5.28 Å². The Morgan fingerprint density at radius 3 is 2.38 bits per heavy atom. The molecule has 0 amide bonds. The molecule has 0 fully saturated rings. The molecule has 2 aromatic heterocycles. The van der Waals surface area contributed by atoms with Gasteiger partial charge in [-0.2, -0.15) is 4.98 Å². The van der Waals surface area contributed by atoms with Gasteiger partial charge in [0.2, 0.25) is 5.28 Å². The number of nitrogens with zero attached hydrogens (tertiary/aromatic N) is 4. The van der Waals surface area contributed by atoms with E-state index in [1.165, 1.54) is 11.8 Å². The Hall–Kier alpha value is -2.45. The Bertz CT molecular complexity index is 877. The molecule has 0 radical (unpaired) electrons. The number of halogens is 2. The quantitative estimate of drug-likeness (QED) is 0.466. The summed E-state index contributed by atoms with van der Waals surface area (Å²) in [5.41, 5.74) is 2.10. The van der Waals surface area contributed by atoms with Crippen molar-refractivity contribution in [2.24, 2.45) is 0 Å². The number of thioether (sulfide) groups is 1. The van der Waals surface area contributed by atoms with Crippen molar-refractivity contribution in [1.29, 1.82) is 0 Å². The van der Waals surface area contributed by atoms with E-state index in [2.05, 4.69) is 30.6 Å². The molecule has 0 atom stereocenters. The Balaban J connectivity index is 1.55. The minimum absolute atomic E-state index is 0.00433. The van der Waals surface area contributed by atoms with Crippen molar-refractivity contribution >= 4 is 35.0 Å². The van der Waals surface area contributed by atoms with Crippen molar-refractivity contribution in [3.8, 4) is 0 Å². The van der Waals surface area contributed by atoms with Crippen LogP contribution in [0.15, 0.2) is 47.9 Å². The SMILES string of the molecule is CSc1nccc(NCc2ccc(CNc3nc(Cl)ncc3F)cc2)n1. The lowest BCUT2D eigenvalue weighted by atomic mass is 10.1. The number of nitrogens with one attached hydrogen (secondary N) is 2. The highest BCUT2D eigenvalue weighted by molar-refractivity contribution is 7.98. The predicted molar refractivity (Wildman–Crippen MR) is 102 cm³/mol. The Morgan fingerprint density at radius 1 is 1.00 bits per heavy atom. The first-order chi connectivity index (χ1) is 12.6. The summed E-state index contributed by atoms with van der Waals surface area (Å²) in [6, 6.07) is 9.78. The zero-order chi connectivity index (χ0) is 18.4. The van der Waals surface area contributed by atoms with Crippen LogP contribution in [0.25, 0.3) is 0 Å². The third kappa shape index (κ3) is 5.03. The summed E-state index contributed by atoms with van der Waals surface area (Å²) in [5.74, 6) is 0.333. The second kappa shape index (κ2) is 8.77. The van der Waals surface area contributed by atoms with E-state index in [0.29, 0.717) is 13.1 Å². The van der Waals surface area contributed by atoms with E-state index in [9.17, 15) is 4.39 Å². The summed E-state index contributed by atoms with van der Waals surface area (Å²) in [6.45, 7) is 1.08. The number of aromatic nitrogens is 4. The normalized spacial score (nSPS) is 10.6. The molecule has 3 aromatic rings. The summed E-state index contributed by atoms with van der Waals surface area (Å²) < 4.78 is 13.6. The molecule has 0 aliphatic heterocycles. The molecule has 0 spiro atoms. The topological polar surface area (TPSA) is 75.6 Å². The number of rotatable bonds is 7. The molecule has 134 valence electrons. The van der Waals surface area contributed by atoms with E-state index >= 15 is 0 Å². The van der Waals surface area contributed by atoms with Gasteiger partial charge in [-0.1, -0.05) is 36.0 Å². The largest absolute Gasteiger partial charge is 0.366 e. The number of anilines is 2. The molecule has 0 unspecified atom stereocenters. The van der Waals surface area contributed by atoms with Gasteiger partial charge < -0.3 is 10.6 Å². The minimum Gasteiger partial charge on any atom is -0.366 e. The summed E-state index contributed by atoms with van der Waals surface area (Å²) in [5, 5.41) is 6.91. The van der Waals surface area contributed by atoms with Crippen molar-refractivity contribution in [2.45, 2.75) is 18.2 Å². The molecule has 0 saturated carbocycles. The lowest BCUT2D eigenvalue weighted by Gasteiger charge is -2.09. The smallest absolute Gasteiger partial charge is 0.224 e. The van der Waals surface area contributed by atoms with Crippen LogP contribution in [0.5, 0.6) is 0 Å². The monoisotopic (exact) mass is 390 g/mol. The van der Waals surface area contributed by atoms with E-state index in [0.717, 1.165) is 28.3 Å². The van der Waals surface area contributed by atoms with Crippen LogP contribution in [-0.2, 0) is 13.1 Å². The molecular formula is C17H16ClFN6S. The van der Waals surface area contributed by atoms with Crippen LogP contribution in [0.3, 0.4) is 0 Å². The molecule has 3 rings (SSSR count). The standard InChI is InChI=1S/C17H16ClFN6S/c1-26-17-20-7-6-14(24-17)21-8-11-2-4-12(5-3-11)9-22-15-13(19)10-23-16(18)25-15/h2-7,10H,8-9H2,1H3,(H,20,21,24)(H,22,23,25). The fourth-order valence-electron chi connectivity index (χ4n) is 2.16. The predicted octanol–water partition coefficient (Wildman–Crippen LogP) is 4.01. The minimum atomic E-state index is -0.537. The average molecular weight is 391 g/mol. The average Bonchev–Trinajstić information content (AvgIpc) is 2.68. The van der Waals surface area contributed by atoms with Crippen molar-refractivity contribution in [1.82, 2.24) is 19.9 Å². The molecule has 0 bridgehead atoms. The van der Waals surface area contributed by atoms with Gasteiger partial charge in [0.1, 0.15) is 5.82 Å². The molecule has 6 nitrogen and oxygen atoms in total. The second-order valence-corrected chi connectivity index (χ2v) is 6.40. The third-order valence-electron chi connectivity index (χ3n) is 3.49. The van der Waals surface area contributed by atoms with Gasteiger partial charge in [-0.15, -0.1) is 0 Å². The van der Waals surface area contributed by atoms with Crippen LogP contribution in [0, 0.1) is 5.82 Å². The van der Waals surface area contributed by atoms with Crippen LogP contribution in [-0.4, -0.2) is 26.2 Å². The highest BCUT2D eigenvalue weighted by Gasteiger charge is 2.05. The zero-order valence-electron chi connectivity index (χ0n) is 13.9. The van der Waals surface area contributed by atoms with Gasteiger partial charge in [-0.3, -0.25) is 0 Å². The first-order valence-corrected chi connectivity index (χ1v) is 9.35. The third-order valence-corrected chi connectivity index (χ3v) is 4.23. The molecule has 0 aliphatic rings. The van der Waals surface area contributed by atoms with Crippen molar-refractivity contribution in [3.63, 3.8) is 0 Å². The van der Waals surface area contributed by atoms with E-state index in [-0.39, 0.29) is 11.1 Å². The lowest BCUT2D eigenvalue weighted by molar-refractivity contribution is 0.616. The first-order valence-electron chi connectivity index (χ1n) is 7.74. The number of hydrogen-bond donors (Lipinski definition) is 2. The van der Waals surface area contributed by atoms with Gasteiger partial charge in [0.25, 0.3) is 0 Å². The maximum absolute atomic E-state index is 13.6. The van der Waals surface area contributed by atoms with Crippen molar-refractivity contribution in [3.05, 3.63) is 65.0 Å². The highest BCUT2D eigenvalue weighted by atomic mass is 35.5. The Morgan fingerprint density at radius 2 is 1.69 bits per heavy atom. The molecule has 0 saturated heterocycles. The van der Waals surface area contributed by atoms with E-state index < -0.39 is 5.82 Å². The summed E-state index contributed by atoms with van der Waals surface area (Å²) in [6.07, 6.45) is 4.71. The van der Waals surface area contributed by atoms with Gasteiger partial charge in [0.05, 0.1) is 6.20 Å². The van der Waals surface area contributed by atoms with Gasteiger partial charge >= 0.3 is 0 Å². The number of hydrogen-bond acceptors (Lipinski definition) is 7. The fourth-order valence-corrected chi connectivity index (χ4v) is 2.65. The first kappa shape index (κ1) is 18.3. The lowest BCUT2D eigenvalue weighted by Crippen LogP contribution is -2.05. The van der Waals surface area contributed by atoms with Gasteiger partial charge in [-0.05, 0) is 35.0 Å². The second-order valence-electron chi connectivity index (χ2n) is 5.29. The molecule has 9 heteroatoms. The molecule has 0 aliphatic carbocycles.